The first-order valence-corrected chi connectivity index (χ1v) is 8.91. The van der Waals surface area contributed by atoms with Crippen molar-refractivity contribution in [3.63, 3.8) is 0 Å². The van der Waals surface area contributed by atoms with Crippen molar-refractivity contribution >= 4 is 17.5 Å². The number of hydrogen-bond donors (Lipinski definition) is 2. The number of carbonyl (C=O) groups is 1. The zero-order chi connectivity index (χ0) is 18.1. The smallest absolute Gasteiger partial charge is 0.269 e. The van der Waals surface area contributed by atoms with Crippen LogP contribution in [0.25, 0.3) is 11.3 Å². The Morgan fingerprint density at radius 1 is 1.23 bits per heavy atom. The maximum absolute atomic E-state index is 12.2. The van der Waals surface area contributed by atoms with Gasteiger partial charge < -0.3 is 5.32 Å². The number of hydrogen-bond acceptors (Lipinski definition) is 3. The summed E-state index contributed by atoms with van der Waals surface area (Å²) in [7, 11) is 0. The minimum atomic E-state index is -0.105. The number of benzene rings is 2. The number of fused-ring (bicyclic) bond motifs is 1. The Morgan fingerprint density at radius 3 is 2.77 bits per heavy atom. The van der Waals surface area contributed by atoms with Crippen LogP contribution in [0.1, 0.15) is 27.8 Å². The molecule has 26 heavy (non-hydrogen) atoms. The zero-order valence-electron chi connectivity index (χ0n) is 14.4. The monoisotopic (exact) mass is 366 g/mol. The van der Waals surface area contributed by atoms with Crippen LogP contribution in [0.15, 0.2) is 54.6 Å². The second kappa shape index (κ2) is 6.94. The van der Waals surface area contributed by atoms with Crippen molar-refractivity contribution < 1.29 is 4.79 Å². The molecule has 0 saturated heterocycles. The van der Waals surface area contributed by atoms with Gasteiger partial charge in [-0.05, 0) is 36.2 Å². The third kappa shape index (κ3) is 3.23. The number of halogens is 1. The zero-order valence-corrected chi connectivity index (χ0v) is 15.1. The van der Waals surface area contributed by atoms with E-state index < -0.39 is 0 Å². The Labute approximate surface area is 157 Å². The predicted molar refractivity (Wildman–Crippen MR) is 102 cm³/mol. The van der Waals surface area contributed by atoms with E-state index in [4.69, 9.17) is 11.6 Å². The summed E-state index contributed by atoms with van der Waals surface area (Å²) in [6, 6.07) is 17.5. The molecule has 0 bridgehead atoms. The Bertz CT molecular complexity index is 949. The highest BCUT2D eigenvalue weighted by Crippen LogP contribution is 2.24. The summed E-state index contributed by atoms with van der Waals surface area (Å²) >= 11 is 5.96. The molecule has 1 aliphatic rings. The van der Waals surface area contributed by atoms with E-state index >= 15 is 0 Å². The molecule has 2 heterocycles. The van der Waals surface area contributed by atoms with Crippen LogP contribution in [0.4, 0.5) is 0 Å². The summed E-state index contributed by atoms with van der Waals surface area (Å²) in [5.74, 6) is -0.105. The summed E-state index contributed by atoms with van der Waals surface area (Å²) in [6.07, 6.45) is -0.0941. The lowest BCUT2D eigenvalue weighted by atomic mass is 10.1. The SMILES string of the molecule is Cc1ccccc1CN[C@@H]1CNC(=O)c2cc(-c3ccc(Cl)cc3)nn21. The van der Waals surface area contributed by atoms with Gasteiger partial charge in [-0.15, -0.1) is 0 Å². The van der Waals surface area contributed by atoms with Gasteiger partial charge >= 0.3 is 0 Å². The van der Waals surface area contributed by atoms with E-state index in [9.17, 15) is 4.79 Å². The van der Waals surface area contributed by atoms with Gasteiger partial charge in [0.2, 0.25) is 0 Å². The number of amides is 1. The standard InChI is InChI=1S/C20H19ClN4O/c1-13-4-2-3-5-15(13)11-22-19-12-23-20(26)18-10-17(24-25(18)19)14-6-8-16(21)9-7-14/h2-10,19,22H,11-12H2,1H3,(H,23,26)/t19-/m0/s1. The molecular formula is C20H19ClN4O. The first kappa shape index (κ1) is 16.8. The molecule has 5 nitrogen and oxygen atoms in total. The normalized spacial score (nSPS) is 16.2. The van der Waals surface area contributed by atoms with Gasteiger partial charge in [0.05, 0.1) is 12.2 Å². The summed E-state index contributed by atoms with van der Waals surface area (Å²) in [5, 5.41) is 11.8. The minimum Gasteiger partial charge on any atom is -0.347 e. The summed E-state index contributed by atoms with van der Waals surface area (Å²) in [6.45, 7) is 3.31. The predicted octanol–water partition coefficient (Wildman–Crippen LogP) is 3.54. The first-order chi connectivity index (χ1) is 12.6. The number of nitrogens with zero attached hydrogens (tertiary/aromatic N) is 2. The molecule has 6 heteroatoms. The lowest BCUT2D eigenvalue weighted by Crippen LogP contribution is -2.45. The van der Waals surface area contributed by atoms with Crippen molar-refractivity contribution in [2.24, 2.45) is 0 Å². The Morgan fingerprint density at radius 2 is 2.00 bits per heavy atom. The fourth-order valence-corrected chi connectivity index (χ4v) is 3.25. The van der Waals surface area contributed by atoms with Crippen molar-refractivity contribution in [1.29, 1.82) is 0 Å². The van der Waals surface area contributed by atoms with Crippen LogP contribution in [0.5, 0.6) is 0 Å². The molecule has 1 aromatic heterocycles. The third-order valence-electron chi connectivity index (χ3n) is 4.65. The fraction of sp³-hybridized carbons (Fsp3) is 0.200. The van der Waals surface area contributed by atoms with E-state index in [1.807, 2.05) is 42.5 Å². The summed E-state index contributed by atoms with van der Waals surface area (Å²) < 4.78 is 1.78. The van der Waals surface area contributed by atoms with E-state index in [2.05, 4.69) is 34.8 Å². The molecule has 0 fully saturated rings. The van der Waals surface area contributed by atoms with Gasteiger partial charge in [0.25, 0.3) is 5.91 Å². The molecule has 4 rings (SSSR count). The number of nitrogens with one attached hydrogen (secondary N) is 2. The summed E-state index contributed by atoms with van der Waals surface area (Å²) in [4.78, 5) is 12.2. The molecule has 1 atom stereocenters. The van der Waals surface area contributed by atoms with Crippen LogP contribution >= 0.6 is 11.6 Å². The van der Waals surface area contributed by atoms with E-state index in [1.54, 1.807) is 4.68 Å². The maximum Gasteiger partial charge on any atom is 0.269 e. The van der Waals surface area contributed by atoms with Crippen molar-refractivity contribution in [3.05, 3.63) is 76.4 Å². The lowest BCUT2D eigenvalue weighted by Gasteiger charge is -2.26. The number of aromatic nitrogens is 2. The molecule has 0 spiro atoms. The molecular weight excluding hydrogens is 348 g/mol. The molecule has 132 valence electrons. The third-order valence-corrected chi connectivity index (χ3v) is 4.90. The van der Waals surface area contributed by atoms with Crippen LogP contribution in [0.2, 0.25) is 5.02 Å². The topological polar surface area (TPSA) is 58.9 Å². The highest BCUT2D eigenvalue weighted by Gasteiger charge is 2.27. The number of rotatable bonds is 4. The molecule has 0 radical (unpaired) electrons. The van der Waals surface area contributed by atoms with E-state index in [1.165, 1.54) is 11.1 Å². The van der Waals surface area contributed by atoms with Gasteiger partial charge in [-0.25, -0.2) is 4.68 Å². The van der Waals surface area contributed by atoms with Gasteiger partial charge in [0, 0.05) is 17.1 Å². The quantitative estimate of drug-likeness (QED) is 0.742. The highest BCUT2D eigenvalue weighted by molar-refractivity contribution is 6.30. The maximum atomic E-state index is 12.2. The Hall–Kier alpha value is -2.63. The highest BCUT2D eigenvalue weighted by atomic mass is 35.5. The molecule has 1 aliphatic heterocycles. The lowest BCUT2D eigenvalue weighted by molar-refractivity contribution is 0.0900. The average Bonchev–Trinajstić information content (AvgIpc) is 3.09. The van der Waals surface area contributed by atoms with Crippen LogP contribution in [0.3, 0.4) is 0 Å². The number of carbonyl (C=O) groups excluding carboxylic acids is 1. The average molecular weight is 367 g/mol. The van der Waals surface area contributed by atoms with Crippen LogP contribution < -0.4 is 10.6 Å². The van der Waals surface area contributed by atoms with E-state index in [0.29, 0.717) is 23.8 Å². The Kier molecular flexibility index (Phi) is 4.49. The minimum absolute atomic E-state index is 0.0941. The second-order valence-corrected chi connectivity index (χ2v) is 6.84. The molecule has 0 saturated carbocycles. The van der Waals surface area contributed by atoms with Crippen molar-refractivity contribution in [2.45, 2.75) is 19.6 Å². The van der Waals surface area contributed by atoms with Crippen molar-refractivity contribution in [2.75, 3.05) is 6.54 Å². The molecule has 3 aromatic rings. The molecule has 2 N–H and O–H groups in total. The van der Waals surface area contributed by atoms with E-state index in [-0.39, 0.29) is 12.1 Å². The largest absolute Gasteiger partial charge is 0.347 e. The van der Waals surface area contributed by atoms with Gasteiger partial charge in [0.1, 0.15) is 11.9 Å². The van der Waals surface area contributed by atoms with Gasteiger partial charge in [-0.2, -0.15) is 5.10 Å². The second-order valence-electron chi connectivity index (χ2n) is 6.40. The van der Waals surface area contributed by atoms with Crippen LogP contribution in [-0.2, 0) is 6.54 Å². The first-order valence-electron chi connectivity index (χ1n) is 8.53. The summed E-state index contributed by atoms with van der Waals surface area (Å²) in [5.41, 5.74) is 4.72. The Balaban J connectivity index is 1.60. The van der Waals surface area contributed by atoms with Crippen molar-refractivity contribution in [1.82, 2.24) is 20.4 Å². The van der Waals surface area contributed by atoms with Gasteiger partial charge in [-0.3, -0.25) is 10.1 Å². The molecule has 1 amide bonds. The van der Waals surface area contributed by atoms with Crippen molar-refractivity contribution in [3.8, 4) is 11.3 Å². The molecule has 0 unspecified atom stereocenters. The van der Waals surface area contributed by atoms with Crippen LogP contribution in [-0.4, -0.2) is 22.2 Å². The van der Waals surface area contributed by atoms with Crippen LogP contribution in [0, 0.1) is 6.92 Å². The number of aryl methyl sites for hydroxylation is 1. The fourth-order valence-electron chi connectivity index (χ4n) is 3.12. The van der Waals surface area contributed by atoms with Gasteiger partial charge in [0.15, 0.2) is 0 Å². The molecule has 2 aromatic carbocycles. The van der Waals surface area contributed by atoms with E-state index in [0.717, 1.165) is 11.3 Å². The molecule has 0 aliphatic carbocycles. The van der Waals surface area contributed by atoms with Gasteiger partial charge in [-0.1, -0.05) is 48.0 Å².